The highest BCUT2D eigenvalue weighted by Gasteiger charge is 2.40. The molecule has 2 aromatic carbocycles. The van der Waals surface area contributed by atoms with Crippen LogP contribution in [0.1, 0.15) is 42.7 Å². The number of carbonyl (C=O) groups is 2. The summed E-state index contributed by atoms with van der Waals surface area (Å²) in [5.41, 5.74) is 1.33. The van der Waals surface area contributed by atoms with E-state index < -0.39 is 17.7 Å². The fourth-order valence-corrected chi connectivity index (χ4v) is 4.41. The summed E-state index contributed by atoms with van der Waals surface area (Å²) in [6, 6.07) is 9.44. The van der Waals surface area contributed by atoms with Crippen molar-refractivity contribution in [1.29, 1.82) is 0 Å². The van der Waals surface area contributed by atoms with E-state index in [1.807, 2.05) is 0 Å². The maximum atomic E-state index is 13.1. The van der Waals surface area contributed by atoms with E-state index in [4.69, 9.17) is 23.2 Å². The van der Waals surface area contributed by atoms with E-state index in [9.17, 15) is 22.8 Å². The van der Waals surface area contributed by atoms with Crippen LogP contribution < -0.4 is 4.90 Å². The van der Waals surface area contributed by atoms with Gasteiger partial charge in [-0.3, -0.25) is 14.5 Å². The normalized spacial score (nSPS) is 19.9. The molecule has 0 aromatic heterocycles. The molecule has 2 aliphatic rings. The number of alkyl halides is 3. The van der Waals surface area contributed by atoms with E-state index in [-0.39, 0.29) is 18.1 Å². The van der Waals surface area contributed by atoms with Gasteiger partial charge in [0.05, 0.1) is 15.6 Å². The number of carbonyl (C=O) groups excluding carboxylic acids is 2. The molecule has 0 radical (unpaired) electrons. The molecule has 0 spiro atoms. The molecule has 0 bridgehead atoms. The number of hydrogen-bond donors (Lipinski definition) is 0. The third-order valence-electron chi connectivity index (χ3n) is 5.47. The zero-order valence-electron chi connectivity index (χ0n) is 15.6. The summed E-state index contributed by atoms with van der Waals surface area (Å²) in [6.07, 6.45) is -3.01. The zero-order chi connectivity index (χ0) is 21.6. The fourth-order valence-electron chi connectivity index (χ4n) is 4.11. The molecule has 0 fully saturated rings. The molecule has 1 amide bonds. The van der Waals surface area contributed by atoms with Crippen LogP contribution >= 0.6 is 23.2 Å². The molecular weight excluding hydrogens is 438 g/mol. The Morgan fingerprint density at radius 1 is 0.933 bits per heavy atom. The van der Waals surface area contributed by atoms with Gasteiger partial charge in [0.2, 0.25) is 5.91 Å². The second kappa shape index (κ2) is 7.75. The molecule has 0 saturated carbocycles. The highest BCUT2D eigenvalue weighted by atomic mass is 35.5. The van der Waals surface area contributed by atoms with Gasteiger partial charge in [-0.05, 0) is 54.8 Å². The van der Waals surface area contributed by atoms with Gasteiger partial charge in [-0.2, -0.15) is 13.2 Å². The van der Waals surface area contributed by atoms with Crippen molar-refractivity contribution in [3.8, 4) is 0 Å². The first kappa shape index (κ1) is 20.9. The van der Waals surface area contributed by atoms with Crippen molar-refractivity contribution in [3.05, 3.63) is 74.9 Å². The molecule has 4 rings (SSSR count). The lowest BCUT2D eigenvalue weighted by Crippen LogP contribution is -2.40. The Hall–Kier alpha value is -2.31. The minimum absolute atomic E-state index is 0.0174. The third-order valence-corrected chi connectivity index (χ3v) is 6.21. The molecule has 1 aliphatic heterocycles. The summed E-state index contributed by atoms with van der Waals surface area (Å²) in [4.78, 5) is 27.3. The van der Waals surface area contributed by atoms with E-state index in [1.165, 1.54) is 17.0 Å². The van der Waals surface area contributed by atoms with E-state index >= 15 is 0 Å². The van der Waals surface area contributed by atoms with Crippen LogP contribution in [-0.2, 0) is 15.8 Å². The number of benzene rings is 2. The Morgan fingerprint density at radius 3 is 2.27 bits per heavy atom. The number of ketones is 1. The summed E-state index contributed by atoms with van der Waals surface area (Å²) in [5, 5.41) is 0.704. The van der Waals surface area contributed by atoms with E-state index in [0.29, 0.717) is 51.8 Å². The first-order valence-electron chi connectivity index (χ1n) is 9.38. The van der Waals surface area contributed by atoms with Crippen LogP contribution in [0.3, 0.4) is 0 Å². The Labute approximate surface area is 181 Å². The van der Waals surface area contributed by atoms with Crippen molar-refractivity contribution >= 4 is 40.6 Å². The summed E-state index contributed by atoms with van der Waals surface area (Å²) in [5.74, 6) is -0.795. The number of anilines is 1. The lowest BCUT2D eigenvalue weighted by atomic mass is 9.77. The molecule has 156 valence electrons. The van der Waals surface area contributed by atoms with Crippen molar-refractivity contribution in [3.63, 3.8) is 0 Å². The molecule has 3 nitrogen and oxygen atoms in total. The van der Waals surface area contributed by atoms with E-state index in [1.54, 1.807) is 18.2 Å². The molecule has 0 N–H and O–H groups in total. The van der Waals surface area contributed by atoms with Crippen LogP contribution in [0.25, 0.3) is 0 Å². The van der Waals surface area contributed by atoms with E-state index in [2.05, 4.69) is 0 Å². The molecule has 8 heteroatoms. The molecule has 1 aliphatic carbocycles. The van der Waals surface area contributed by atoms with Crippen LogP contribution in [0.4, 0.5) is 18.9 Å². The lowest BCUT2D eigenvalue weighted by Gasteiger charge is -2.38. The highest BCUT2D eigenvalue weighted by Crippen LogP contribution is 2.44. The SMILES string of the molecule is O=C1CCCC2=C1C(c1ccc(Cl)c(Cl)c1)CC(=O)N2c1ccc(C(F)(F)F)cc1. The fraction of sp³-hybridized carbons (Fsp3) is 0.273. The third kappa shape index (κ3) is 3.74. The monoisotopic (exact) mass is 453 g/mol. The van der Waals surface area contributed by atoms with Gasteiger partial charge in [0, 0.05) is 35.7 Å². The van der Waals surface area contributed by atoms with E-state index in [0.717, 1.165) is 12.1 Å². The predicted molar refractivity (Wildman–Crippen MR) is 109 cm³/mol. The number of amides is 1. The zero-order valence-corrected chi connectivity index (χ0v) is 17.1. The average molecular weight is 454 g/mol. The van der Waals surface area contributed by atoms with Gasteiger partial charge in [-0.25, -0.2) is 0 Å². The first-order chi connectivity index (χ1) is 14.2. The number of rotatable bonds is 2. The quantitative estimate of drug-likeness (QED) is 0.517. The van der Waals surface area contributed by atoms with Gasteiger partial charge < -0.3 is 0 Å². The van der Waals surface area contributed by atoms with Crippen LogP contribution in [0, 0.1) is 0 Å². The second-order valence-electron chi connectivity index (χ2n) is 7.34. The topological polar surface area (TPSA) is 37.4 Å². The molecule has 1 heterocycles. The molecular formula is C22H16Cl2F3NO2. The predicted octanol–water partition coefficient (Wildman–Crippen LogP) is 6.54. The first-order valence-corrected chi connectivity index (χ1v) is 10.1. The van der Waals surface area contributed by atoms with Crippen LogP contribution in [0.15, 0.2) is 53.7 Å². The maximum Gasteiger partial charge on any atom is 0.416 e. The lowest BCUT2D eigenvalue weighted by molar-refractivity contribution is -0.137. The Morgan fingerprint density at radius 2 is 1.63 bits per heavy atom. The largest absolute Gasteiger partial charge is 0.416 e. The molecule has 30 heavy (non-hydrogen) atoms. The summed E-state index contributed by atoms with van der Waals surface area (Å²) in [7, 11) is 0. The van der Waals surface area contributed by atoms with Crippen molar-refractivity contribution < 1.29 is 22.8 Å². The molecule has 1 unspecified atom stereocenters. The number of Topliss-reactive ketones (excluding diaryl/α,β-unsaturated/α-hetero) is 1. The Kier molecular flexibility index (Phi) is 5.41. The van der Waals surface area contributed by atoms with Gasteiger partial charge in [0.15, 0.2) is 5.78 Å². The number of allylic oxidation sites excluding steroid dienone is 2. The summed E-state index contributed by atoms with van der Waals surface area (Å²) < 4.78 is 38.7. The van der Waals surface area contributed by atoms with Crippen LogP contribution in [0.2, 0.25) is 10.0 Å². The standard InChI is InChI=1S/C22H16Cl2F3NO2/c23-16-9-4-12(10-17(16)24)15-11-20(30)28(18-2-1-3-19(29)21(15)18)14-7-5-13(6-8-14)22(25,26)27/h4-10,15H,1-3,11H2. The second-order valence-corrected chi connectivity index (χ2v) is 8.16. The minimum Gasteiger partial charge on any atom is -0.294 e. The number of nitrogens with zero attached hydrogens (tertiary/aromatic N) is 1. The number of halogens is 5. The van der Waals surface area contributed by atoms with Gasteiger partial charge in [-0.1, -0.05) is 29.3 Å². The maximum absolute atomic E-state index is 13.1. The summed E-state index contributed by atoms with van der Waals surface area (Å²) >= 11 is 12.1. The molecule has 2 aromatic rings. The highest BCUT2D eigenvalue weighted by molar-refractivity contribution is 6.42. The Bertz CT molecular complexity index is 1060. The van der Waals surface area contributed by atoms with Gasteiger partial charge >= 0.3 is 6.18 Å². The molecule has 1 atom stereocenters. The van der Waals surface area contributed by atoms with Crippen molar-refractivity contribution in [2.24, 2.45) is 0 Å². The van der Waals surface area contributed by atoms with Crippen LogP contribution in [-0.4, -0.2) is 11.7 Å². The van der Waals surface area contributed by atoms with Gasteiger partial charge in [0.25, 0.3) is 0 Å². The smallest absolute Gasteiger partial charge is 0.294 e. The van der Waals surface area contributed by atoms with Gasteiger partial charge in [-0.15, -0.1) is 0 Å². The van der Waals surface area contributed by atoms with Crippen molar-refractivity contribution in [2.75, 3.05) is 4.90 Å². The minimum atomic E-state index is -4.46. The van der Waals surface area contributed by atoms with Crippen molar-refractivity contribution in [2.45, 2.75) is 37.8 Å². The number of hydrogen-bond acceptors (Lipinski definition) is 2. The summed E-state index contributed by atoms with van der Waals surface area (Å²) in [6.45, 7) is 0. The Balaban J connectivity index is 1.80. The average Bonchev–Trinajstić information content (AvgIpc) is 2.69. The van der Waals surface area contributed by atoms with Crippen LogP contribution in [0.5, 0.6) is 0 Å². The van der Waals surface area contributed by atoms with Gasteiger partial charge in [0.1, 0.15) is 0 Å². The molecule has 0 saturated heterocycles. The van der Waals surface area contributed by atoms with Crippen molar-refractivity contribution in [1.82, 2.24) is 0 Å².